The molecule has 0 unspecified atom stereocenters. The quantitative estimate of drug-likeness (QED) is 0.909. The van der Waals surface area contributed by atoms with E-state index in [1.807, 2.05) is 0 Å². The van der Waals surface area contributed by atoms with Crippen LogP contribution in [0.3, 0.4) is 0 Å². The highest BCUT2D eigenvalue weighted by molar-refractivity contribution is 5.55. The zero-order chi connectivity index (χ0) is 13.8. The molecule has 0 aliphatic carbocycles. The Morgan fingerprint density at radius 3 is 2.30 bits per heavy atom. The molecule has 3 nitrogen and oxygen atoms in total. The highest BCUT2D eigenvalue weighted by Crippen LogP contribution is 2.23. The number of benzene rings is 1. The maximum absolute atomic E-state index is 3.61. The van der Waals surface area contributed by atoms with Gasteiger partial charge in [0.2, 0.25) is 0 Å². The summed E-state index contributed by atoms with van der Waals surface area (Å²) >= 11 is 0. The van der Waals surface area contributed by atoms with Gasteiger partial charge in [-0.1, -0.05) is 0 Å². The molecule has 1 aromatic carbocycles. The fourth-order valence-electron chi connectivity index (χ4n) is 3.29. The SMILES string of the molecule is CN1CCC(CNc2ccc(N3CCCC3)cc2)CC1. The van der Waals surface area contributed by atoms with Gasteiger partial charge in [0.05, 0.1) is 0 Å². The number of hydrogen-bond donors (Lipinski definition) is 1. The molecule has 1 aromatic rings. The summed E-state index contributed by atoms with van der Waals surface area (Å²) in [6.07, 6.45) is 5.34. The van der Waals surface area contributed by atoms with Crippen LogP contribution < -0.4 is 10.2 Å². The molecule has 2 saturated heterocycles. The number of rotatable bonds is 4. The van der Waals surface area contributed by atoms with Crippen LogP contribution in [0.4, 0.5) is 11.4 Å². The molecule has 2 aliphatic heterocycles. The van der Waals surface area contributed by atoms with Gasteiger partial charge in [-0.15, -0.1) is 0 Å². The van der Waals surface area contributed by atoms with Crippen molar-refractivity contribution >= 4 is 11.4 Å². The van der Waals surface area contributed by atoms with Gasteiger partial charge in [-0.3, -0.25) is 0 Å². The van der Waals surface area contributed by atoms with Gasteiger partial charge >= 0.3 is 0 Å². The van der Waals surface area contributed by atoms with E-state index in [-0.39, 0.29) is 0 Å². The summed E-state index contributed by atoms with van der Waals surface area (Å²) in [5.41, 5.74) is 2.65. The largest absolute Gasteiger partial charge is 0.385 e. The Bertz CT molecular complexity index is 401. The maximum atomic E-state index is 3.61. The van der Waals surface area contributed by atoms with Crippen LogP contribution in [-0.4, -0.2) is 44.7 Å². The van der Waals surface area contributed by atoms with E-state index in [0.29, 0.717) is 0 Å². The van der Waals surface area contributed by atoms with Gasteiger partial charge in [0, 0.05) is 31.0 Å². The number of nitrogens with zero attached hydrogens (tertiary/aromatic N) is 2. The molecule has 20 heavy (non-hydrogen) atoms. The van der Waals surface area contributed by atoms with Gasteiger partial charge in [-0.05, 0) is 76.0 Å². The van der Waals surface area contributed by atoms with Crippen LogP contribution in [0.25, 0.3) is 0 Å². The lowest BCUT2D eigenvalue weighted by molar-refractivity contribution is 0.226. The Hall–Kier alpha value is -1.22. The van der Waals surface area contributed by atoms with Gasteiger partial charge in [0.1, 0.15) is 0 Å². The van der Waals surface area contributed by atoms with Gasteiger partial charge in [-0.25, -0.2) is 0 Å². The first kappa shape index (κ1) is 13.7. The van der Waals surface area contributed by atoms with Crippen LogP contribution in [0.2, 0.25) is 0 Å². The van der Waals surface area contributed by atoms with E-state index in [4.69, 9.17) is 0 Å². The predicted molar refractivity (Wildman–Crippen MR) is 86.6 cm³/mol. The smallest absolute Gasteiger partial charge is 0.0367 e. The lowest BCUT2D eigenvalue weighted by Gasteiger charge is -2.29. The third kappa shape index (κ3) is 3.45. The lowest BCUT2D eigenvalue weighted by Crippen LogP contribution is -2.32. The van der Waals surface area contributed by atoms with Crippen molar-refractivity contribution in [2.45, 2.75) is 25.7 Å². The fourth-order valence-corrected chi connectivity index (χ4v) is 3.29. The van der Waals surface area contributed by atoms with Crippen molar-refractivity contribution in [1.82, 2.24) is 4.90 Å². The third-order valence-corrected chi connectivity index (χ3v) is 4.77. The number of piperidine rings is 1. The maximum Gasteiger partial charge on any atom is 0.0367 e. The van der Waals surface area contributed by atoms with Gasteiger partial charge in [0.15, 0.2) is 0 Å². The van der Waals surface area contributed by atoms with Gasteiger partial charge in [0.25, 0.3) is 0 Å². The van der Waals surface area contributed by atoms with Crippen molar-refractivity contribution < 1.29 is 0 Å². The second kappa shape index (κ2) is 6.49. The molecule has 110 valence electrons. The second-order valence-electron chi connectivity index (χ2n) is 6.37. The monoisotopic (exact) mass is 273 g/mol. The molecular weight excluding hydrogens is 246 g/mol. The van der Waals surface area contributed by atoms with Crippen LogP contribution in [-0.2, 0) is 0 Å². The number of nitrogens with one attached hydrogen (secondary N) is 1. The molecule has 2 aliphatic rings. The normalized spacial score (nSPS) is 21.4. The average molecular weight is 273 g/mol. The summed E-state index contributed by atoms with van der Waals surface area (Å²) in [4.78, 5) is 4.92. The van der Waals surface area contributed by atoms with Crippen molar-refractivity contribution in [2.24, 2.45) is 5.92 Å². The molecule has 0 radical (unpaired) electrons. The van der Waals surface area contributed by atoms with Crippen LogP contribution in [0.5, 0.6) is 0 Å². The first-order chi connectivity index (χ1) is 9.81. The molecular formula is C17H27N3. The van der Waals surface area contributed by atoms with Crippen LogP contribution >= 0.6 is 0 Å². The van der Waals surface area contributed by atoms with E-state index < -0.39 is 0 Å². The lowest BCUT2D eigenvalue weighted by atomic mass is 9.97. The first-order valence-corrected chi connectivity index (χ1v) is 8.09. The molecule has 3 heteroatoms. The molecule has 2 heterocycles. The number of likely N-dealkylation sites (tertiary alicyclic amines) is 1. The van der Waals surface area contributed by atoms with Crippen LogP contribution in [0.1, 0.15) is 25.7 Å². The molecule has 0 atom stereocenters. The van der Waals surface area contributed by atoms with Crippen molar-refractivity contribution in [1.29, 1.82) is 0 Å². The van der Waals surface area contributed by atoms with Crippen LogP contribution in [0, 0.1) is 5.92 Å². The summed E-state index contributed by atoms with van der Waals surface area (Å²) < 4.78 is 0. The predicted octanol–water partition coefficient (Wildman–Crippen LogP) is 3.04. The summed E-state index contributed by atoms with van der Waals surface area (Å²) in [5, 5.41) is 3.61. The van der Waals surface area contributed by atoms with E-state index in [0.717, 1.165) is 12.5 Å². The molecule has 0 aromatic heterocycles. The second-order valence-corrected chi connectivity index (χ2v) is 6.37. The highest BCUT2D eigenvalue weighted by atomic mass is 15.1. The van der Waals surface area contributed by atoms with E-state index in [1.54, 1.807) is 0 Å². The van der Waals surface area contributed by atoms with E-state index >= 15 is 0 Å². The summed E-state index contributed by atoms with van der Waals surface area (Å²) in [5.74, 6) is 0.837. The Morgan fingerprint density at radius 2 is 1.65 bits per heavy atom. The minimum absolute atomic E-state index is 0.837. The summed E-state index contributed by atoms with van der Waals surface area (Å²) in [6.45, 7) is 6.07. The molecule has 0 spiro atoms. The minimum Gasteiger partial charge on any atom is -0.385 e. The van der Waals surface area contributed by atoms with E-state index in [9.17, 15) is 0 Å². The van der Waals surface area contributed by atoms with Crippen LogP contribution in [0.15, 0.2) is 24.3 Å². The number of hydrogen-bond acceptors (Lipinski definition) is 3. The average Bonchev–Trinajstić information content (AvgIpc) is 3.01. The first-order valence-electron chi connectivity index (χ1n) is 8.09. The Labute approximate surface area is 123 Å². The van der Waals surface area contributed by atoms with E-state index in [1.165, 1.54) is 63.2 Å². The summed E-state index contributed by atoms with van der Waals surface area (Å²) in [6, 6.07) is 9.01. The number of anilines is 2. The van der Waals surface area contributed by atoms with Gasteiger partial charge in [-0.2, -0.15) is 0 Å². The minimum atomic E-state index is 0.837. The molecule has 3 rings (SSSR count). The zero-order valence-electron chi connectivity index (χ0n) is 12.6. The molecule has 2 fully saturated rings. The third-order valence-electron chi connectivity index (χ3n) is 4.77. The Kier molecular flexibility index (Phi) is 4.46. The van der Waals surface area contributed by atoms with Crippen molar-refractivity contribution in [3.8, 4) is 0 Å². The fraction of sp³-hybridized carbons (Fsp3) is 0.647. The van der Waals surface area contributed by atoms with Crippen molar-refractivity contribution in [3.05, 3.63) is 24.3 Å². The molecule has 0 saturated carbocycles. The van der Waals surface area contributed by atoms with Crippen molar-refractivity contribution in [3.63, 3.8) is 0 Å². The molecule has 1 N–H and O–H groups in total. The standard InChI is InChI=1S/C17H27N3/c1-19-12-8-15(9-13-19)14-18-16-4-6-17(7-5-16)20-10-2-3-11-20/h4-7,15,18H,2-3,8-14H2,1H3. The Balaban J connectivity index is 1.48. The van der Waals surface area contributed by atoms with Gasteiger partial charge < -0.3 is 15.1 Å². The Morgan fingerprint density at radius 1 is 1.00 bits per heavy atom. The zero-order valence-corrected chi connectivity index (χ0v) is 12.6. The van der Waals surface area contributed by atoms with Crippen molar-refractivity contribution in [2.75, 3.05) is 50.0 Å². The molecule has 0 amide bonds. The molecule has 0 bridgehead atoms. The van der Waals surface area contributed by atoms with E-state index in [2.05, 4.69) is 46.4 Å². The summed E-state index contributed by atoms with van der Waals surface area (Å²) in [7, 11) is 2.22. The topological polar surface area (TPSA) is 18.5 Å². The highest BCUT2D eigenvalue weighted by Gasteiger charge is 2.16.